The molecule has 0 saturated carbocycles. The van der Waals surface area contributed by atoms with E-state index in [4.69, 9.17) is 23.8 Å². The van der Waals surface area contributed by atoms with Gasteiger partial charge in [0.2, 0.25) is 0 Å². The van der Waals surface area contributed by atoms with E-state index in [0.717, 1.165) is 73.8 Å². The first kappa shape index (κ1) is 26.8. The summed E-state index contributed by atoms with van der Waals surface area (Å²) in [6.07, 6.45) is 4.05. The maximum atomic E-state index is 6.50. The molecule has 48 heavy (non-hydrogen) atoms. The van der Waals surface area contributed by atoms with Gasteiger partial charge in [0.05, 0.1) is 0 Å². The van der Waals surface area contributed by atoms with Crippen LogP contribution in [0.5, 0.6) is 0 Å². The Morgan fingerprint density at radius 2 is 1.12 bits per heavy atom. The normalized spacial score (nSPS) is 13.0. The largest absolute Gasteiger partial charge is 0.460 e. The summed E-state index contributed by atoms with van der Waals surface area (Å²) in [5, 5.41) is 5.53. The number of fused-ring (bicyclic) bond motifs is 7. The predicted molar refractivity (Wildman–Crippen MR) is 193 cm³/mol. The van der Waals surface area contributed by atoms with Crippen LogP contribution in [0.25, 0.3) is 89.5 Å². The van der Waals surface area contributed by atoms with Gasteiger partial charge >= 0.3 is 0 Å². The van der Waals surface area contributed by atoms with Crippen molar-refractivity contribution in [2.45, 2.75) is 12.8 Å². The molecule has 0 aliphatic heterocycles. The number of benzene rings is 6. The average molecular weight is 618 g/mol. The Bertz CT molecular complexity index is 2740. The summed E-state index contributed by atoms with van der Waals surface area (Å²) in [5.41, 5.74) is 8.84. The van der Waals surface area contributed by atoms with Gasteiger partial charge in [0.15, 0.2) is 17.5 Å². The van der Waals surface area contributed by atoms with Gasteiger partial charge in [-0.2, -0.15) is 0 Å². The molecule has 0 N–H and O–H groups in total. The molecule has 5 nitrogen and oxygen atoms in total. The lowest BCUT2D eigenvalue weighted by molar-refractivity contribution is 0.548. The lowest BCUT2D eigenvalue weighted by atomic mass is 9.89. The topological polar surface area (TPSA) is 65.0 Å². The lowest BCUT2D eigenvalue weighted by Gasteiger charge is -2.14. The van der Waals surface area contributed by atoms with Crippen LogP contribution in [0.3, 0.4) is 0 Å². The van der Waals surface area contributed by atoms with Crippen LogP contribution in [0.2, 0.25) is 0 Å². The smallest absolute Gasteiger partial charge is 0.164 e. The molecule has 0 unspecified atom stereocenters. The van der Waals surface area contributed by atoms with E-state index < -0.39 is 0 Å². The number of nitrogens with zero attached hydrogens (tertiary/aromatic N) is 3. The van der Waals surface area contributed by atoms with Crippen molar-refractivity contribution in [2.75, 3.05) is 0 Å². The van der Waals surface area contributed by atoms with E-state index in [1.807, 2.05) is 72.8 Å². The molecule has 1 aliphatic rings. The van der Waals surface area contributed by atoms with E-state index in [-0.39, 0.29) is 0 Å². The van der Waals surface area contributed by atoms with Gasteiger partial charge in [0, 0.05) is 44.8 Å². The molecule has 0 saturated heterocycles. The second kappa shape index (κ2) is 10.6. The van der Waals surface area contributed by atoms with Crippen molar-refractivity contribution in [1.82, 2.24) is 15.0 Å². The van der Waals surface area contributed by atoms with Crippen molar-refractivity contribution in [3.8, 4) is 34.2 Å². The molecule has 0 amide bonds. The van der Waals surface area contributed by atoms with E-state index in [2.05, 4.69) is 66.7 Å². The molecule has 3 heterocycles. The van der Waals surface area contributed by atoms with Crippen LogP contribution < -0.4 is 0 Å². The number of aryl methyl sites for hydroxylation is 1. The Morgan fingerprint density at radius 1 is 0.458 bits per heavy atom. The fourth-order valence-corrected chi connectivity index (χ4v) is 7.15. The molecule has 226 valence electrons. The van der Waals surface area contributed by atoms with Gasteiger partial charge in [0.1, 0.15) is 22.5 Å². The Morgan fingerprint density at radius 3 is 1.96 bits per heavy atom. The van der Waals surface area contributed by atoms with Gasteiger partial charge in [-0.25, -0.2) is 15.0 Å². The van der Waals surface area contributed by atoms with E-state index in [0.29, 0.717) is 17.5 Å². The minimum absolute atomic E-state index is 0.595. The van der Waals surface area contributed by atoms with Crippen LogP contribution in [-0.4, -0.2) is 15.0 Å². The molecule has 6 aromatic carbocycles. The minimum Gasteiger partial charge on any atom is -0.460 e. The van der Waals surface area contributed by atoms with Gasteiger partial charge in [0.25, 0.3) is 0 Å². The first-order valence-electron chi connectivity index (χ1n) is 16.2. The zero-order chi connectivity index (χ0) is 31.6. The zero-order valence-electron chi connectivity index (χ0n) is 25.9. The molecular formula is C43H27N3O2. The van der Waals surface area contributed by atoms with Gasteiger partial charge in [-0.15, -0.1) is 0 Å². The van der Waals surface area contributed by atoms with Crippen LogP contribution >= 0.6 is 0 Å². The van der Waals surface area contributed by atoms with Crippen molar-refractivity contribution >= 4 is 55.3 Å². The van der Waals surface area contributed by atoms with Gasteiger partial charge in [-0.3, -0.25) is 0 Å². The summed E-state index contributed by atoms with van der Waals surface area (Å²) in [4.78, 5) is 15.4. The maximum Gasteiger partial charge on any atom is 0.164 e. The molecule has 0 radical (unpaired) electrons. The highest BCUT2D eigenvalue weighted by molar-refractivity contribution is 6.12. The fourth-order valence-electron chi connectivity index (χ4n) is 7.15. The Labute approximate surface area is 275 Å². The third-order valence-corrected chi connectivity index (χ3v) is 9.44. The first-order chi connectivity index (χ1) is 23.8. The summed E-state index contributed by atoms with van der Waals surface area (Å²) < 4.78 is 12.7. The SMILES string of the molecule is C1=C(c2ccc3ccccc3c2)CCc2oc3cccc(-c4nc(-c5ccccc5)nc(-c5cccc6oc7ccccc7c56)n4)c3c21. The van der Waals surface area contributed by atoms with Crippen molar-refractivity contribution in [3.63, 3.8) is 0 Å². The Kier molecular flexibility index (Phi) is 5.93. The predicted octanol–water partition coefficient (Wildman–Crippen LogP) is 11.2. The third-order valence-electron chi connectivity index (χ3n) is 9.44. The second-order valence-electron chi connectivity index (χ2n) is 12.3. The zero-order valence-corrected chi connectivity index (χ0v) is 25.9. The summed E-state index contributed by atoms with van der Waals surface area (Å²) in [6, 6.07) is 45.7. The molecular weight excluding hydrogens is 590 g/mol. The third kappa shape index (κ3) is 4.28. The van der Waals surface area contributed by atoms with Gasteiger partial charge < -0.3 is 8.83 Å². The van der Waals surface area contributed by atoms with Crippen molar-refractivity contribution in [1.29, 1.82) is 0 Å². The molecule has 0 fully saturated rings. The molecule has 0 atom stereocenters. The molecule has 1 aliphatic carbocycles. The van der Waals surface area contributed by atoms with Crippen molar-refractivity contribution < 1.29 is 8.83 Å². The first-order valence-corrected chi connectivity index (χ1v) is 16.2. The van der Waals surface area contributed by atoms with E-state index in [9.17, 15) is 0 Å². The van der Waals surface area contributed by atoms with Crippen molar-refractivity contribution in [3.05, 3.63) is 150 Å². The monoisotopic (exact) mass is 617 g/mol. The van der Waals surface area contributed by atoms with Gasteiger partial charge in [-0.05, 0) is 58.7 Å². The summed E-state index contributed by atoms with van der Waals surface area (Å²) >= 11 is 0. The number of allylic oxidation sites excluding steroid dienone is 1. The van der Waals surface area contributed by atoms with Crippen LogP contribution in [0, 0.1) is 0 Å². The van der Waals surface area contributed by atoms with Crippen LogP contribution in [-0.2, 0) is 6.42 Å². The Balaban J connectivity index is 1.20. The van der Waals surface area contributed by atoms with E-state index in [1.54, 1.807) is 0 Å². The second-order valence-corrected chi connectivity index (χ2v) is 12.3. The number of furan rings is 2. The highest BCUT2D eigenvalue weighted by Crippen LogP contribution is 2.42. The highest BCUT2D eigenvalue weighted by atomic mass is 16.3. The fraction of sp³-hybridized carbons (Fsp3) is 0.0465. The minimum atomic E-state index is 0.595. The average Bonchev–Trinajstić information content (AvgIpc) is 3.73. The quantitative estimate of drug-likeness (QED) is 0.197. The van der Waals surface area contributed by atoms with Crippen LogP contribution in [0.15, 0.2) is 142 Å². The standard InChI is InChI=1S/C43H27N3O2/c1-2-11-27(12-3-1)41-44-42(32-15-8-18-37-39(32)31-14-6-7-17-35(31)47-37)46-43(45-41)33-16-9-19-38-40(33)34-25-30(22-23-36(34)48-38)29-21-20-26-10-4-5-13-28(26)24-29/h1-21,24-25H,22-23H2. The highest BCUT2D eigenvalue weighted by Gasteiger charge is 2.24. The van der Waals surface area contributed by atoms with Crippen molar-refractivity contribution in [2.24, 2.45) is 0 Å². The molecule has 10 rings (SSSR count). The Hall–Kier alpha value is -6.33. The number of para-hydroxylation sites is 1. The summed E-state index contributed by atoms with van der Waals surface area (Å²) in [7, 11) is 0. The molecule has 3 aromatic heterocycles. The number of hydrogen-bond donors (Lipinski definition) is 0. The molecule has 0 spiro atoms. The lowest BCUT2D eigenvalue weighted by Crippen LogP contribution is -2.01. The molecule has 0 bridgehead atoms. The van der Waals surface area contributed by atoms with Crippen LogP contribution in [0.1, 0.15) is 23.3 Å². The molecule has 9 aromatic rings. The summed E-state index contributed by atoms with van der Waals surface area (Å²) in [5.74, 6) is 2.80. The van der Waals surface area contributed by atoms with E-state index in [1.165, 1.54) is 21.9 Å². The summed E-state index contributed by atoms with van der Waals surface area (Å²) in [6.45, 7) is 0. The molecule has 5 heteroatoms. The maximum absolute atomic E-state index is 6.50. The number of aromatic nitrogens is 3. The van der Waals surface area contributed by atoms with Gasteiger partial charge in [-0.1, -0.05) is 109 Å². The number of hydrogen-bond acceptors (Lipinski definition) is 5. The van der Waals surface area contributed by atoms with Crippen LogP contribution in [0.4, 0.5) is 0 Å². The number of rotatable bonds is 4. The van der Waals surface area contributed by atoms with E-state index >= 15 is 0 Å².